The van der Waals surface area contributed by atoms with Gasteiger partial charge in [0, 0.05) is 13.1 Å². The lowest BCUT2D eigenvalue weighted by atomic mass is 10.1. The molecule has 0 spiro atoms. The van der Waals surface area contributed by atoms with Crippen LogP contribution >= 0.6 is 0 Å². The first kappa shape index (κ1) is 19.9. The van der Waals surface area contributed by atoms with Gasteiger partial charge < -0.3 is 9.80 Å². The van der Waals surface area contributed by atoms with Crippen LogP contribution in [0.4, 0.5) is 0 Å². The summed E-state index contributed by atoms with van der Waals surface area (Å²) in [5, 5.41) is 0. The topological polar surface area (TPSA) is 6.48 Å². The summed E-state index contributed by atoms with van der Waals surface area (Å²) in [5.74, 6) is 0. The Morgan fingerprint density at radius 3 is 1.60 bits per heavy atom. The van der Waals surface area contributed by atoms with Crippen molar-refractivity contribution in [3.63, 3.8) is 0 Å². The molecule has 2 heteroatoms. The number of rotatable bonds is 15. The van der Waals surface area contributed by atoms with Crippen LogP contribution in [0.1, 0.15) is 71.1 Å². The highest BCUT2D eigenvalue weighted by Gasteiger charge is 2.02. The molecule has 1 radical (unpaired) electrons. The monoisotopic (exact) mass is 283 g/mol. The van der Waals surface area contributed by atoms with Gasteiger partial charge in [-0.25, -0.2) is 0 Å². The molecule has 0 aliphatic heterocycles. The van der Waals surface area contributed by atoms with Gasteiger partial charge in [0.25, 0.3) is 0 Å². The summed E-state index contributed by atoms with van der Waals surface area (Å²) >= 11 is 0. The largest absolute Gasteiger partial charge is 0.308 e. The summed E-state index contributed by atoms with van der Waals surface area (Å²) < 4.78 is 0. The molecule has 0 N–H and O–H groups in total. The van der Waals surface area contributed by atoms with Crippen molar-refractivity contribution >= 4 is 0 Å². The van der Waals surface area contributed by atoms with Crippen molar-refractivity contribution in [2.45, 2.75) is 71.1 Å². The fourth-order valence-electron chi connectivity index (χ4n) is 2.50. The molecule has 0 unspecified atom stereocenters. The number of hydrogen-bond donors (Lipinski definition) is 0. The number of unbranched alkanes of at least 4 members (excludes halogenated alkanes) is 9. The van der Waals surface area contributed by atoms with Gasteiger partial charge in [0.2, 0.25) is 0 Å². The molecule has 0 saturated carbocycles. The number of likely N-dealkylation sites (N-methyl/N-ethyl adjacent to an activating group) is 1. The van der Waals surface area contributed by atoms with Crippen molar-refractivity contribution in [3.05, 3.63) is 6.92 Å². The van der Waals surface area contributed by atoms with Gasteiger partial charge in [-0.2, -0.15) is 0 Å². The summed E-state index contributed by atoms with van der Waals surface area (Å²) in [5.41, 5.74) is 0. The van der Waals surface area contributed by atoms with E-state index in [1.807, 2.05) is 0 Å². The van der Waals surface area contributed by atoms with Crippen LogP contribution in [0.3, 0.4) is 0 Å². The average Bonchev–Trinajstić information content (AvgIpc) is 2.44. The van der Waals surface area contributed by atoms with E-state index < -0.39 is 0 Å². The fraction of sp³-hybridized carbons (Fsp3) is 0.944. The molecule has 121 valence electrons. The van der Waals surface area contributed by atoms with Crippen LogP contribution in [0.25, 0.3) is 0 Å². The Kier molecular flexibility index (Phi) is 15.3. The maximum absolute atomic E-state index is 4.04. The highest BCUT2D eigenvalue weighted by atomic mass is 15.2. The van der Waals surface area contributed by atoms with Gasteiger partial charge in [0.15, 0.2) is 0 Å². The van der Waals surface area contributed by atoms with Crippen LogP contribution in [-0.4, -0.2) is 50.1 Å². The molecule has 0 aromatic carbocycles. The molecule has 0 saturated heterocycles. The third kappa shape index (κ3) is 14.3. The van der Waals surface area contributed by atoms with E-state index in [2.05, 4.69) is 37.7 Å². The summed E-state index contributed by atoms with van der Waals surface area (Å²) in [4.78, 5) is 4.73. The van der Waals surface area contributed by atoms with Gasteiger partial charge in [-0.15, -0.1) is 0 Å². The van der Waals surface area contributed by atoms with Crippen LogP contribution < -0.4 is 0 Å². The first-order valence-corrected chi connectivity index (χ1v) is 8.87. The van der Waals surface area contributed by atoms with E-state index in [1.54, 1.807) is 0 Å². The van der Waals surface area contributed by atoms with Gasteiger partial charge in [-0.05, 0) is 40.5 Å². The van der Waals surface area contributed by atoms with Crippen molar-refractivity contribution in [2.75, 3.05) is 40.3 Å². The van der Waals surface area contributed by atoms with Crippen LogP contribution in [0.5, 0.6) is 0 Å². The minimum absolute atomic E-state index is 0.950. The lowest BCUT2D eigenvalue weighted by Crippen LogP contribution is -2.32. The third-order valence-electron chi connectivity index (χ3n) is 4.01. The molecule has 0 aliphatic carbocycles. The highest BCUT2D eigenvalue weighted by molar-refractivity contribution is 4.61. The van der Waals surface area contributed by atoms with E-state index in [-0.39, 0.29) is 0 Å². The minimum atomic E-state index is 0.950. The SMILES string of the molecule is [CH2]CN(CCCCCCCCCCCC)CCN(C)C. The predicted octanol–water partition coefficient (Wildman–Crippen LogP) is 4.60. The van der Waals surface area contributed by atoms with Gasteiger partial charge >= 0.3 is 0 Å². The normalized spacial score (nSPS) is 11.7. The zero-order chi connectivity index (χ0) is 15.1. The Labute approximate surface area is 128 Å². The third-order valence-corrected chi connectivity index (χ3v) is 4.01. The van der Waals surface area contributed by atoms with Crippen LogP contribution in [0.2, 0.25) is 0 Å². The zero-order valence-corrected chi connectivity index (χ0v) is 14.5. The second-order valence-electron chi connectivity index (χ2n) is 6.33. The molecular formula is C18H39N2. The van der Waals surface area contributed by atoms with Crippen molar-refractivity contribution in [2.24, 2.45) is 0 Å². The van der Waals surface area contributed by atoms with E-state index >= 15 is 0 Å². The van der Waals surface area contributed by atoms with Crippen molar-refractivity contribution in [1.82, 2.24) is 9.80 Å². The molecule has 0 aromatic heterocycles. The molecule has 20 heavy (non-hydrogen) atoms. The lowest BCUT2D eigenvalue weighted by Gasteiger charge is -2.22. The Morgan fingerprint density at radius 1 is 0.650 bits per heavy atom. The molecule has 0 atom stereocenters. The van der Waals surface area contributed by atoms with E-state index in [9.17, 15) is 0 Å². The quantitative estimate of drug-likeness (QED) is 0.405. The zero-order valence-electron chi connectivity index (χ0n) is 14.5. The summed E-state index contributed by atoms with van der Waals surface area (Å²) in [7, 11) is 4.28. The fourth-order valence-corrected chi connectivity index (χ4v) is 2.50. The predicted molar refractivity (Wildman–Crippen MR) is 92.2 cm³/mol. The van der Waals surface area contributed by atoms with Crippen LogP contribution in [0.15, 0.2) is 0 Å². The molecule has 0 fully saturated rings. The Morgan fingerprint density at radius 2 is 1.15 bits per heavy atom. The molecule has 0 bridgehead atoms. The molecule has 0 rings (SSSR count). The average molecular weight is 284 g/mol. The van der Waals surface area contributed by atoms with E-state index in [0.29, 0.717) is 0 Å². The second-order valence-corrected chi connectivity index (χ2v) is 6.33. The summed E-state index contributed by atoms with van der Waals surface area (Å²) in [6, 6.07) is 0. The van der Waals surface area contributed by atoms with Crippen molar-refractivity contribution in [1.29, 1.82) is 0 Å². The first-order valence-electron chi connectivity index (χ1n) is 8.87. The van der Waals surface area contributed by atoms with E-state index in [4.69, 9.17) is 0 Å². The Hall–Kier alpha value is -0.0800. The van der Waals surface area contributed by atoms with Crippen molar-refractivity contribution < 1.29 is 0 Å². The smallest absolute Gasteiger partial charge is 0.0109 e. The number of hydrogen-bond acceptors (Lipinski definition) is 2. The van der Waals surface area contributed by atoms with Gasteiger partial charge in [0.05, 0.1) is 0 Å². The highest BCUT2D eigenvalue weighted by Crippen LogP contribution is 2.10. The Bertz CT molecular complexity index is 180. The molecule has 0 aromatic rings. The van der Waals surface area contributed by atoms with Crippen LogP contribution in [-0.2, 0) is 0 Å². The second kappa shape index (κ2) is 15.3. The van der Waals surface area contributed by atoms with Crippen molar-refractivity contribution in [3.8, 4) is 0 Å². The number of nitrogens with zero attached hydrogens (tertiary/aromatic N) is 2. The first-order chi connectivity index (χ1) is 9.70. The van der Waals surface area contributed by atoms with Crippen LogP contribution in [0, 0.1) is 6.92 Å². The van der Waals surface area contributed by atoms with E-state index in [1.165, 1.54) is 70.8 Å². The summed E-state index contributed by atoms with van der Waals surface area (Å²) in [6.45, 7) is 10.8. The minimum Gasteiger partial charge on any atom is -0.308 e. The standard InChI is InChI=1S/C18H39N2/c1-5-7-8-9-10-11-12-13-14-15-16-20(6-2)18-17-19(3)4/h2,5-18H2,1,3-4H3. The molecule has 0 heterocycles. The molecule has 0 aliphatic rings. The maximum Gasteiger partial charge on any atom is 0.0109 e. The van der Waals surface area contributed by atoms with Gasteiger partial charge in [0.1, 0.15) is 0 Å². The summed E-state index contributed by atoms with van der Waals surface area (Å²) in [6.07, 6.45) is 14.2. The van der Waals surface area contributed by atoms with Gasteiger partial charge in [-0.3, -0.25) is 0 Å². The Balaban J connectivity index is 3.24. The maximum atomic E-state index is 4.04. The lowest BCUT2D eigenvalue weighted by molar-refractivity contribution is 0.255. The molecule has 2 nitrogen and oxygen atoms in total. The van der Waals surface area contributed by atoms with E-state index in [0.717, 1.165) is 19.6 Å². The van der Waals surface area contributed by atoms with Gasteiger partial charge in [-0.1, -0.05) is 64.7 Å². The molecular weight excluding hydrogens is 244 g/mol. The molecule has 0 amide bonds.